The van der Waals surface area contributed by atoms with Crippen molar-refractivity contribution >= 4 is 22.3 Å². The smallest absolute Gasteiger partial charge is 0.0724 e. The van der Waals surface area contributed by atoms with E-state index in [-0.39, 0.29) is 0 Å². The molecule has 1 saturated heterocycles. The van der Waals surface area contributed by atoms with Gasteiger partial charge in [0.05, 0.1) is 30.1 Å². The summed E-state index contributed by atoms with van der Waals surface area (Å²) >= 11 is 0. The summed E-state index contributed by atoms with van der Waals surface area (Å²) in [5, 5.41) is 4.42. The minimum atomic E-state index is 0.776. The number of ether oxygens (including phenoxy) is 1. The molecule has 0 spiro atoms. The van der Waals surface area contributed by atoms with E-state index < -0.39 is 0 Å². The molecule has 0 radical (unpaired) electrons. The van der Waals surface area contributed by atoms with Gasteiger partial charge in [0, 0.05) is 37.8 Å². The number of hydrogen-bond donors (Lipinski definition) is 2. The van der Waals surface area contributed by atoms with Gasteiger partial charge in [0.2, 0.25) is 0 Å². The average Bonchev–Trinajstić information content (AvgIpc) is 2.51. The number of morpholine rings is 1. The Hall–Kier alpha value is -1.85. The molecule has 1 aliphatic rings. The Bertz CT molecular complexity index is 581. The minimum absolute atomic E-state index is 0.776. The minimum Gasteiger partial charge on any atom is -0.397 e. The first-order valence-electron chi connectivity index (χ1n) is 7.02. The van der Waals surface area contributed by atoms with Crippen molar-refractivity contribution in [3.05, 3.63) is 30.5 Å². The second kappa shape index (κ2) is 6.07. The van der Waals surface area contributed by atoms with E-state index in [9.17, 15) is 0 Å². The molecule has 2 heterocycles. The number of nitrogen functional groups attached to an aromatic ring is 1. The quantitative estimate of drug-likeness (QED) is 0.827. The molecule has 20 heavy (non-hydrogen) atoms. The molecule has 1 aromatic carbocycles. The van der Waals surface area contributed by atoms with Crippen LogP contribution in [0.25, 0.3) is 10.9 Å². The van der Waals surface area contributed by atoms with Crippen LogP contribution in [0.4, 0.5) is 11.4 Å². The molecule has 1 aromatic heterocycles. The molecule has 2 aromatic rings. The van der Waals surface area contributed by atoms with Crippen molar-refractivity contribution in [2.45, 2.75) is 0 Å². The topological polar surface area (TPSA) is 63.4 Å². The Morgan fingerprint density at radius 1 is 1.25 bits per heavy atom. The molecule has 0 saturated carbocycles. The number of nitrogens with two attached hydrogens (primary N) is 1. The first-order valence-corrected chi connectivity index (χ1v) is 7.02. The molecule has 0 bridgehead atoms. The number of anilines is 2. The number of pyridine rings is 1. The third-order valence-electron chi connectivity index (χ3n) is 3.67. The number of hydrogen-bond acceptors (Lipinski definition) is 5. The van der Waals surface area contributed by atoms with Crippen LogP contribution in [0.1, 0.15) is 0 Å². The lowest BCUT2D eigenvalue weighted by Gasteiger charge is -2.26. The third kappa shape index (κ3) is 2.84. The monoisotopic (exact) mass is 272 g/mol. The van der Waals surface area contributed by atoms with E-state index in [1.54, 1.807) is 6.20 Å². The summed E-state index contributed by atoms with van der Waals surface area (Å²) in [5.74, 6) is 0. The maximum atomic E-state index is 6.20. The highest BCUT2D eigenvalue weighted by atomic mass is 16.5. The van der Waals surface area contributed by atoms with Crippen LogP contribution in [-0.2, 0) is 4.74 Å². The molecule has 0 unspecified atom stereocenters. The predicted octanol–water partition coefficient (Wildman–Crippen LogP) is 1.56. The van der Waals surface area contributed by atoms with Crippen LogP contribution in [0.2, 0.25) is 0 Å². The van der Waals surface area contributed by atoms with Gasteiger partial charge in [-0.15, -0.1) is 0 Å². The summed E-state index contributed by atoms with van der Waals surface area (Å²) < 4.78 is 5.34. The van der Waals surface area contributed by atoms with Gasteiger partial charge in [-0.2, -0.15) is 0 Å². The summed E-state index contributed by atoms with van der Waals surface area (Å²) in [6.07, 6.45) is 1.79. The standard InChI is InChI=1S/C15H20N4O/c16-15-12-2-1-5-17-13(12)3-4-14(15)18-6-7-19-8-10-20-11-9-19/h1-5,18H,6-11,16H2. The maximum absolute atomic E-state index is 6.20. The van der Waals surface area contributed by atoms with E-state index in [1.165, 1.54) is 0 Å². The van der Waals surface area contributed by atoms with Crippen molar-refractivity contribution in [3.8, 4) is 0 Å². The fourth-order valence-corrected chi connectivity index (χ4v) is 2.50. The molecule has 3 N–H and O–H groups in total. The Balaban J connectivity index is 1.63. The van der Waals surface area contributed by atoms with Crippen molar-refractivity contribution in [1.82, 2.24) is 9.88 Å². The normalized spacial score (nSPS) is 16.4. The number of nitrogens with one attached hydrogen (secondary N) is 1. The van der Waals surface area contributed by atoms with E-state index >= 15 is 0 Å². The van der Waals surface area contributed by atoms with E-state index in [2.05, 4.69) is 15.2 Å². The van der Waals surface area contributed by atoms with Crippen LogP contribution in [0, 0.1) is 0 Å². The summed E-state index contributed by atoms with van der Waals surface area (Å²) in [5.41, 5.74) is 8.90. The summed E-state index contributed by atoms with van der Waals surface area (Å²) in [4.78, 5) is 6.71. The Morgan fingerprint density at radius 2 is 2.10 bits per heavy atom. The Labute approximate surface area is 118 Å². The van der Waals surface area contributed by atoms with Crippen molar-refractivity contribution in [2.24, 2.45) is 0 Å². The van der Waals surface area contributed by atoms with Crippen LogP contribution in [0.3, 0.4) is 0 Å². The van der Waals surface area contributed by atoms with Crippen LogP contribution < -0.4 is 11.1 Å². The zero-order valence-electron chi connectivity index (χ0n) is 11.5. The van der Waals surface area contributed by atoms with Crippen LogP contribution in [0.5, 0.6) is 0 Å². The molecule has 3 rings (SSSR count). The van der Waals surface area contributed by atoms with Crippen LogP contribution in [0.15, 0.2) is 30.5 Å². The van der Waals surface area contributed by atoms with Crippen molar-refractivity contribution in [1.29, 1.82) is 0 Å². The molecule has 5 nitrogen and oxygen atoms in total. The van der Waals surface area contributed by atoms with Gasteiger partial charge in [-0.25, -0.2) is 0 Å². The average molecular weight is 272 g/mol. The lowest BCUT2D eigenvalue weighted by molar-refractivity contribution is 0.0398. The highest BCUT2D eigenvalue weighted by Gasteiger charge is 2.10. The molecule has 1 aliphatic heterocycles. The summed E-state index contributed by atoms with van der Waals surface area (Å²) in [7, 11) is 0. The molecule has 5 heteroatoms. The Morgan fingerprint density at radius 3 is 2.95 bits per heavy atom. The first kappa shape index (κ1) is 13.1. The maximum Gasteiger partial charge on any atom is 0.0724 e. The van der Waals surface area contributed by atoms with E-state index in [0.29, 0.717) is 0 Å². The lowest BCUT2D eigenvalue weighted by Crippen LogP contribution is -2.39. The zero-order chi connectivity index (χ0) is 13.8. The molecular weight excluding hydrogens is 252 g/mol. The highest BCUT2D eigenvalue weighted by Crippen LogP contribution is 2.27. The molecule has 0 atom stereocenters. The molecule has 106 valence electrons. The first-order chi connectivity index (χ1) is 9.84. The largest absolute Gasteiger partial charge is 0.397 e. The van der Waals surface area contributed by atoms with Crippen molar-refractivity contribution in [2.75, 3.05) is 50.4 Å². The number of fused-ring (bicyclic) bond motifs is 1. The van der Waals surface area contributed by atoms with E-state index in [4.69, 9.17) is 10.5 Å². The number of benzene rings is 1. The predicted molar refractivity (Wildman–Crippen MR) is 81.9 cm³/mol. The van der Waals surface area contributed by atoms with Gasteiger partial charge in [0.25, 0.3) is 0 Å². The van der Waals surface area contributed by atoms with E-state index in [0.717, 1.165) is 61.7 Å². The van der Waals surface area contributed by atoms with Gasteiger partial charge in [-0.1, -0.05) is 0 Å². The number of rotatable bonds is 4. The van der Waals surface area contributed by atoms with Gasteiger partial charge in [0.15, 0.2) is 0 Å². The second-order valence-corrected chi connectivity index (χ2v) is 4.98. The summed E-state index contributed by atoms with van der Waals surface area (Å²) in [6, 6.07) is 7.92. The van der Waals surface area contributed by atoms with Crippen LogP contribution >= 0.6 is 0 Å². The lowest BCUT2D eigenvalue weighted by atomic mass is 10.1. The van der Waals surface area contributed by atoms with Crippen molar-refractivity contribution < 1.29 is 4.74 Å². The fourth-order valence-electron chi connectivity index (χ4n) is 2.50. The molecule has 1 fully saturated rings. The summed E-state index contributed by atoms with van der Waals surface area (Å²) in [6.45, 7) is 5.59. The third-order valence-corrected chi connectivity index (χ3v) is 3.67. The zero-order valence-corrected chi connectivity index (χ0v) is 11.5. The SMILES string of the molecule is Nc1c(NCCN2CCOCC2)ccc2ncccc12. The van der Waals surface area contributed by atoms with E-state index in [1.807, 2.05) is 24.3 Å². The molecular formula is C15H20N4O. The molecule has 0 aliphatic carbocycles. The van der Waals surface area contributed by atoms with Crippen molar-refractivity contribution in [3.63, 3.8) is 0 Å². The van der Waals surface area contributed by atoms with Gasteiger partial charge in [-0.05, 0) is 24.3 Å². The van der Waals surface area contributed by atoms with Crippen LogP contribution in [-0.4, -0.2) is 49.3 Å². The second-order valence-electron chi connectivity index (χ2n) is 4.98. The van der Waals surface area contributed by atoms with Gasteiger partial charge < -0.3 is 15.8 Å². The fraction of sp³-hybridized carbons (Fsp3) is 0.400. The van der Waals surface area contributed by atoms with Gasteiger partial charge in [-0.3, -0.25) is 9.88 Å². The highest BCUT2D eigenvalue weighted by molar-refractivity contribution is 5.96. The van der Waals surface area contributed by atoms with Gasteiger partial charge in [0.1, 0.15) is 0 Å². The van der Waals surface area contributed by atoms with Gasteiger partial charge >= 0.3 is 0 Å². The molecule has 0 amide bonds. The number of aromatic nitrogens is 1. The number of nitrogens with zero attached hydrogens (tertiary/aromatic N) is 2. The Kier molecular flexibility index (Phi) is 3.99.